The van der Waals surface area contributed by atoms with Crippen LogP contribution in [-0.4, -0.2) is 33.0 Å². The highest BCUT2D eigenvalue weighted by Gasteiger charge is 2.14. The quantitative estimate of drug-likeness (QED) is 0.380. The van der Waals surface area contributed by atoms with E-state index >= 15 is 0 Å². The number of hydrogen-bond acceptors (Lipinski definition) is 5. The zero-order chi connectivity index (χ0) is 23.3. The third kappa shape index (κ3) is 5.15. The molecule has 0 atom stereocenters. The van der Waals surface area contributed by atoms with Crippen molar-refractivity contribution in [1.82, 2.24) is 20.1 Å². The SMILES string of the molecule is Cc1nnc(SCC(=O)NCc2ccc(-c3ccc4c(c3)CCO4)cc2)n1Cc1ccccc1. The van der Waals surface area contributed by atoms with Crippen LogP contribution in [0.1, 0.15) is 22.5 Å². The molecule has 1 aromatic heterocycles. The van der Waals surface area contributed by atoms with Crippen LogP contribution in [0.4, 0.5) is 0 Å². The van der Waals surface area contributed by atoms with Gasteiger partial charge in [-0.1, -0.05) is 72.4 Å². The summed E-state index contributed by atoms with van der Waals surface area (Å²) in [7, 11) is 0. The second kappa shape index (κ2) is 10.1. The van der Waals surface area contributed by atoms with Gasteiger partial charge in [0.05, 0.1) is 18.9 Å². The Morgan fingerprint density at radius 1 is 1.00 bits per heavy atom. The molecule has 1 aliphatic heterocycles. The van der Waals surface area contributed by atoms with E-state index in [0.717, 1.165) is 40.9 Å². The molecule has 0 spiro atoms. The minimum atomic E-state index is -0.0281. The number of benzene rings is 3. The van der Waals surface area contributed by atoms with Crippen molar-refractivity contribution in [2.24, 2.45) is 0 Å². The van der Waals surface area contributed by atoms with Gasteiger partial charge in [0.25, 0.3) is 0 Å². The highest BCUT2D eigenvalue weighted by Crippen LogP contribution is 2.30. The lowest BCUT2D eigenvalue weighted by Crippen LogP contribution is -2.24. The Morgan fingerprint density at radius 3 is 2.62 bits per heavy atom. The lowest BCUT2D eigenvalue weighted by Gasteiger charge is -2.09. The molecule has 0 saturated carbocycles. The molecule has 6 nitrogen and oxygen atoms in total. The topological polar surface area (TPSA) is 69.0 Å². The molecule has 5 rings (SSSR count). The molecular formula is C27H26N4O2S. The van der Waals surface area contributed by atoms with E-state index in [4.69, 9.17) is 4.74 Å². The van der Waals surface area contributed by atoms with E-state index in [9.17, 15) is 4.79 Å². The fourth-order valence-corrected chi connectivity index (χ4v) is 4.79. The van der Waals surface area contributed by atoms with Gasteiger partial charge in [-0.05, 0) is 46.9 Å². The summed E-state index contributed by atoms with van der Waals surface area (Å²) < 4.78 is 7.63. The maximum atomic E-state index is 12.5. The first-order valence-corrected chi connectivity index (χ1v) is 12.3. The van der Waals surface area contributed by atoms with E-state index in [1.807, 2.05) is 35.8 Å². The Labute approximate surface area is 203 Å². The molecule has 1 amide bonds. The Hall–Kier alpha value is -3.58. The van der Waals surface area contributed by atoms with Gasteiger partial charge in [-0.15, -0.1) is 10.2 Å². The van der Waals surface area contributed by atoms with Crippen molar-refractivity contribution in [3.8, 4) is 16.9 Å². The van der Waals surface area contributed by atoms with Gasteiger partial charge in [-0.2, -0.15) is 0 Å². The summed E-state index contributed by atoms with van der Waals surface area (Å²) in [6, 6.07) is 24.8. The predicted octanol–water partition coefficient (Wildman–Crippen LogP) is 4.65. The van der Waals surface area contributed by atoms with E-state index in [-0.39, 0.29) is 5.91 Å². The van der Waals surface area contributed by atoms with E-state index in [1.165, 1.54) is 28.5 Å². The van der Waals surface area contributed by atoms with Crippen LogP contribution in [0.25, 0.3) is 11.1 Å². The Kier molecular flexibility index (Phi) is 6.62. The minimum Gasteiger partial charge on any atom is -0.493 e. The molecule has 0 radical (unpaired) electrons. The molecule has 0 saturated heterocycles. The molecule has 2 heterocycles. The maximum Gasteiger partial charge on any atom is 0.230 e. The predicted molar refractivity (Wildman–Crippen MR) is 134 cm³/mol. The van der Waals surface area contributed by atoms with Crippen molar-refractivity contribution in [2.45, 2.75) is 31.6 Å². The van der Waals surface area contributed by atoms with Crippen LogP contribution in [0, 0.1) is 6.92 Å². The van der Waals surface area contributed by atoms with Gasteiger partial charge < -0.3 is 14.6 Å². The third-order valence-corrected chi connectivity index (χ3v) is 6.85. The summed E-state index contributed by atoms with van der Waals surface area (Å²) in [5, 5.41) is 12.2. The lowest BCUT2D eigenvalue weighted by atomic mass is 10.0. The zero-order valence-electron chi connectivity index (χ0n) is 19.0. The van der Waals surface area contributed by atoms with E-state index in [0.29, 0.717) is 18.8 Å². The van der Waals surface area contributed by atoms with E-state index < -0.39 is 0 Å². The lowest BCUT2D eigenvalue weighted by molar-refractivity contribution is -0.118. The molecule has 3 aromatic carbocycles. The summed E-state index contributed by atoms with van der Waals surface area (Å²) in [4.78, 5) is 12.5. The number of nitrogens with zero attached hydrogens (tertiary/aromatic N) is 3. The number of amides is 1. The Morgan fingerprint density at radius 2 is 1.79 bits per heavy atom. The molecular weight excluding hydrogens is 444 g/mol. The van der Waals surface area contributed by atoms with Crippen molar-refractivity contribution in [3.05, 3.63) is 95.3 Å². The second-order valence-corrected chi connectivity index (χ2v) is 9.23. The molecule has 172 valence electrons. The number of rotatable bonds is 8. The third-order valence-electron chi connectivity index (χ3n) is 5.88. The van der Waals surface area contributed by atoms with Crippen molar-refractivity contribution < 1.29 is 9.53 Å². The largest absolute Gasteiger partial charge is 0.493 e. The van der Waals surface area contributed by atoms with Crippen LogP contribution in [0.15, 0.2) is 78.0 Å². The molecule has 0 fully saturated rings. The Bertz CT molecular complexity index is 1290. The fraction of sp³-hybridized carbons (Fsp3) is 0.222. The molecule has 1 aliphatic rings. The normalized spacial score (nSPS) is 12.3. The van der Waals surface area contributed by atoms with Gasteiger partial charge in [-0.25, -0.2) is 0 Å². The first-order valence-electron chi connectivity index (χ1n) is 11.3. The van der Waals surface area contributed by atoms with Crippen LogP contribution in [0.5, 0.6) is 5.75 Å². The number of aryl methyl sites for hydroxylation is 1. The van der Waals surface area contributed by atoms with Crippen LogP contribution in [0.2, 0.25) is 0 Å². The molecule has 4 aromatic rings. The fourth-order valence-electron chi connectivity index (χ4n) is 3.98. The second-order valence-electron chi connectivity index (χ2n) is 8.28. The van der Waals surface area contributed by atoms with E-state index in [1.54, 1.807) is 0 Å². The van der Waals surface area contributed by atoms with Crippen LogP contribution < -0.4 is 10.1 Å². The van der Waals surface area contributed by atoms with E-state index in [2.05, 4.69) is 64.0 Å². The summed E-state index contributed by atoms with van der Waals surface area (Å²) >= 11 is 1.41. The molecule has 0 aliphatic carbocycles. The van der Waals surface area contributed by atoms with Gasteiger partial charge in [0.2, 0.25) is 5.91 Å². The number of aromatic nitrogens is 3. The smallest absolute Gasteiger partial charge is 0.230 e. The first kappa shape index (κ1) is 22.2. The number of nitrogens with one attached hydrogen (secondary N) is 1. The summed E-state index contributed by atoms with van der Waals surface area (Å²) in [5.41, 5.74) is 5.85. The number of carbonyl (C=O) groups is 1. The standard InChI is InChI=1S/C27H26N4O2S/c1-19-29-30-27(31(19)17-21-5-3-2-4-6-21)34-18-26(32)28-16-20-7-9-22(10-8-20)23-11-12-25-24(15-23)13-14-33-25/h2-12,15H,13-14,16-18H2,1H3,(H,28,32). The molecule has 0 bridgehead atoms. The molecule has 7 heteroatoms. The van der Waals surface area contributed by atoms with Gasteiger partial charge in [0.1, 0.15) is 11.6 Å². The highest BCUT2D eigenvalue weighted by molar-refractivity contribution is 7.99. The van der Waals surface area contributed by atoms with Crippen molar-refractivity contribution in [2.75, 3.05) is 12.4 Å². The average Bonchev–Trinajstić information content (AvgIpc) is 3.48. The number of hydrogen-bond donors (Lipinski definition) is 1. The maximum absolute atomic E-state index is 12.5. The summed E-state index contributed by atoms with van der Waals surface area (Å²) in [6.07, 6.45) is 0.966. The van der Waals surface area contributed by atoms with Gasteiger partial charge in [-0.3, -0.25) is 4.79 Å². The van der Waals surface area contributed by atoms with Gasteiger partial charge in [0.15, 0.2) is 5.16 Å². The van der Waals surface area contributed by atoms with Gasteiger partial charge in [0, 0.05) is 13.0 Å². The number of carbonyl (C=O) groups excluding carboxylic acids is 1. The molecule has 1 N–H and O–H groups in total. The number of fused-ring (bicyclic) bond motifs is 1. The summed E-state index contributed by atoms with van der Waals surface area (Å²) in [6.45, 7) is 3.88. The van der Waals surface area contributed by atoms with Crippen LogP contribution >= 0.6 is 11.8 Å². The van der Waals surface area contributed by atoms with Crippen molar-refractivity contribution >= 4 is 17.7 Å². The van der Waals surface area contributed by atoms with Gasteiger partial charge >= 0.3 is 0 Å². The number of thioether (sulfide) groups is 1. The Balaban J connectivity index is 1.14. The van der Waals surface area contributed by atoms with Crippen molar-refractivity contribution in [1.29, 1.82) is 0 Å². The molecule has 34 heavy (non-hydrogen) atoms. The minimum absolute atomic E-state index is 0.0281. The van der Waals surface area contributed by atoms with Crippen LogP contribution in [-0.2, 0) is 24.3 Å². The molecule has 0 unspecified atom stereocenters. The van der Waals surface area contributed by atoms with Crippen molar-refractivity contribution in [3.63, 3.8) is 0 Å². The van der Waals surface area contributed by atoms with Crippen LogP contribution in [0.3, 0.4) is 0 Å². The average molecular weight is 471 g/mol. The number of ether oxygens (including phenoxy) is 1. The summed E-state index contributed by atoms with van der Waals surface area (Å²) in [5.74, 6) is 2.10. The monoisotopic (exact) mass is 470 g/mol. The zero-order valence-corrected chi connectivity index (χ0v) is 19.8. The highest BCUT2D eigenvalue weighted by atomic mass is 32.2. The first-order chi connectivity index (χ1) is 16.7.